The molecule has 0 aliphatic heterocycles. The summed E-state index contributed by atoms with van der Waals surface area (Å²) in [7, 11) is 4.16. The molecule has 0 radical (unpaired) electrons. The Bertz CT molecular complexity index is 1850. The molecule has 0 aromatic carbocycles. The van der Waals surface area contributed by atoms with E-state index in [-0.39, 0.29) is 59.8 Å². The smallest absolute Gasteiger partial charge is 0.306 e. The number of nitrogens with zero attached hydrogens (tertiary/aromatic N) is 1. The molecule has 0 aliphatic rings. The lowest BCUT2D eigenvalue weighted by Gasteiger charge is -2.42. The van der Waals surface area contributed by atoms with Crippen LogP contribution in [0.1, 0.15) is 400 Å². The van der Waals surface area contributed by atoms with Crippen LogP contribution in [-0.4, -0.2) is 119 Å². The predicted octanol–water partition coefficient (Wildman–Crippen LogP) is 21.0. The first-order valence-corrected chi connectivity index (χ1v) is 42.5. The third-order valence-corrected chi connectivity index (χ3v) is 20.3. The molecule has 7 N–H and O–H groups in total. The fraction of sp³-hybridized carbons (Fsp3) is 0.894. The Morgan fingerprint density at radius 2 is 0.776 bits per heavy atom. The van der Waals surface area contributed by atoms with Crippen molar-refractivity contribution in [1.82, 2.24) is 16.0 Å². The molecule has 1 amide bonds. The van der Waals surface area contributed by atoms with E-state index >= 15 is 0 Å². The van der Waals surface area contributed by atoms with Crippen LogP contribution < -0.4 is 27.4 Å². The number of amides is 1. The molecule has 0 saturated carbocycles. The van der Waals surface area contributed by atoms with E-state index in [0.29, 0.717) is 64.8 Å². The van der Waals surface area contributed by atoms with E-state index in [1.807, 2.05) is 0 Å². The summed E-state index contributed by atoms with van der Waals surface area (Å²) in [4.78, 5) is 71.7. The highest BCUT2D eigenvalue weighted by Crippen LogP contribution is 2.29. The summed E-state index contributed by atoms with van der Waals surface area (Å²) in [5.41, 5.74) is 11.6. The predicted molar refractivity (Wildman–Crippen MR) is 420 cm³/mol. The number of allylic oxidation sites excluding steroid dienone is 4. The van der Waals surface area contributed by atoms with E-state index in [9.17, 15) is 24.0 Å². The molecular weight excluding hydrogens is 1220 g/mol. The summed E-state index contributed by atoms with van der Waals surface area (Å²) in [5.74, 6) is -1.12. The maximum absolute atomic E-state index is 15.0. The number of esters is 2. The van der Waals surface area contributed by atoms with Gasteiger partial charge in [-0.1, -0.05) is 283 Å². The Labute approximate surface area is 606 Å². The largest absolute Gasteiger partial charge is 0.461 e. The number of hydrogen-bond acceptors (Lipinski definition) is 11. The third-order valence-electron chi connectivity index (χ3n) is 20.3. The summed E-state index contributed by atoms with van der Waals surface area (Å²) in [5, 5.41) is 10.2. The van der Waals surface area contributed by atoms with Crippen molar-refractivity contribution in [1.29, 1.82) is 0 Å². The standard InChI is InChI=1S/C85H164N6O7/c1-7-11-15-19-23-27-31-33-35-37-41-45-49-53-57-65-83(94)97-76-82(98-84(95)66-58-54-50-46-42-38-36-34-32-28-24-20-16-12-8-2)80(91(5,6)73-72-90-85(96)79(89-71-61-68-87)63-59-69-88-70-60-67-86)75-77(81(93)64-56-52-48-44-40-30-26-22-18-14-10-4)74-78(92)62-55-51-47-43-39-29-25-21-17-13-9-3/h33-36,77,79-80,82,88-89H,7-32,37-76,86-87H2,1-6H3/p+1. The van der Waals surface area contributed by atoms with Gasteiger partial charge in [-0.05, 0) is 135 Å². The number of nitrogens with two attached hydrogens (primary N) is 2. The number of unbranched alkanes of at least 4 members (excludes halogenated alkanes) is 42. The molecule has 0 heterocycles. The average molecular weight is 1380 g/mol. The first-order chi connectivity index (χ1) is 47.9. The number of carbonyl (C=O) groups is 5. The average Bonchev–Trinajstić information content (AvgIpc) is 0.826. The number of carbonyl (C=O) groups excluding carboxylic acids is 5. The fourth-order valence-electron chi connectivity index (χ4n) is 13.7. The molecule has 4 unspecified atom stereocenters. The zero-order valence-corrected chi connectivity index (χ0v) is 65.7. The molecule has 0 bridgehead atoms. The number of rotatable bonds is 79. The van der Waals surface area contributed by atoms with Crippen molar-refractivity contribution in [2.24, 2.45) is 17.4 Å². The molecular formula is C85H165N6O7+. The first kappa shape index (κ1) is 95.0. The van der Waals surface area contributed by atoms with Crippen molar-refractivity contribution >= 4 is 29.4 Å². The van der Waals surface area contributed by atoms with E-state index < -0.39 is 24.1 Å². The maximum Gasteiger partial charge on any atom is 0.306 e. The van der Waals surface area contributed by atoms with Crippen LogP contribution in [0.3, 0.4) is 0 Å². The van der Waals surface area contributed by atoms with E-state index in [1.165, 1.54) is 186 Å². The SMILES string of the molecule is CCCCCCCCC=CCCCCCCCC(=O)OCC(OC(=O)CCCCCCCC=CCCCCCCCC)C(CC(CC(=O)CCCCCCCCCCCCC)C(=O)CCCCCCCCCCCCC)[N+](C)(C)CCNC(=O)C(CCCNCCCN)NCCCN. The van der Waals surface area contributed by atoms with Crippen molar-refractivity contribution in [2.45, 2.75) is 418 Å². The van der Waals surface area contributed by atoms with E-state index in [1.54, 1.807) is 0 Å². The molecule has 0 spiro atoms. The van der Waals surface area contributed by atoms with Crippen molar-refractivity contribution in [3.8, 4) is 0 Å². The van der Waals surface area contributed by atoms with Gasteiger partial charge in [0.05, 0.1) is 33.2 Å². The van der Waals surface area contributed by atoms with E-state index in [4.69, 9.17) is 20.9 Å². The van der Waals surface area contributed by atoms with Crippen LogP contribution in [0.4, 0.5) is 0 Å². The minimum Gasteiger partial charge on any atom is -0.461 e. The van der Waals surface area contributed by atoms with Gasteiger partial charge >= 0.3 is 11.9 Å². The molecule has 0 aliphatic carbocycles. The van der Waals surface area contributed by atoms with E-state index in [0.717, 1.165) is 148 Å². The number of ether oxygens (including phenoxy) is 2. The van der Waals surface area contributed by atoms with Crippen LogP contribution in [0.2, 0.25) is 0 Å². The summed E-state index contributed by atoms with van der Waals surface area (Å²) < 4.78 is 13.1. The second kappa shape index (κ2) is 73.8. The van der Waals surface area contributed by atoms with Crippen molar-refractivity contribution in [3.63, 3.8) is 0 Å². The van der Waals surface area contributed by atoms with Crippen molar-refractivity contribution in [2.75, 3.05) is 66.5 Å². The lowest BCUT2D eigenvalue weighted by molar-refractivity contribution is -0.918. The summed E-state index contributed by atoms with van der Waals surface area (Å²) >= 11 is 0. The van der Waals surface area contributed by atoms with Crippen LogP contribution >= 0.6 is 0 Å². The van der Waals surface area contributed by atoms with E-state index in [2.05, 4.69) is 82.0 Å². The molecule has 13 heteroatoms. The summed E-state index contributed by atoms with van der Waals surface area (Å²) in [6.07, 6.45) is 69.9. The second-order valence-electron chi connectivity index (χ2n) is 30.1. The lowest BCUT2D eigenvalue weighted by Crippen LogP contribution is -2.60. The van der Waals surface area contributed by atoms with Gasteiger partial charge in [0, 0.05) is 44.4 Å². The highest BCUT2D eigenvalue weighted by molar-refractivity contribution is 5.88. The number of nitrogens with one attached hydrogen (secondary N) is 3. The minimum atomic E-state index is -0.883. The third kappa shape index (κ3) is 62.8. The zero-order chi connectivity index (χ0) is 71.7. The van der Waals surface area contributed by atoms with Crippen LogP contribution in [0.25, 0.3) is 0 Å². The fourth-order valence-corrected chi connectivity index (χ4v) is 13.7. The van der Waals surface area contributed by atoms with Crippen LogP contribution in [0.5, 0.6) is 0 Å². The van der Waals surface area contributed by atoms with Gasteiger partial charge in [0.1, 0.15) is 24.2 Å². The molecule has 0 rings (SSSR count). The van der Waals surface area contributed by atoms with Crippen LogP contribution in [-0.2, 0) is 33.4 Å². The normalized spacial score (nSPS) is 13.2. The topological polar surface area (TPSA) is 192 Å². The van der Waals surface area contributed by atoms with Gasteiger partial charge in [-0.15, -0.1) is 0 Å². The quantitative estimate of drug-likeness (QED) is 0.0168. The second-order valence-corrected chi connectivity index (χ2v) is 30.1. The van der Waals surface area contributed by atoms with Gasteiger partial charge in [-0.3, -0.25) is 24.0 Å². The van der Waals surface area contributed by atoms with Crippen molar-refractivity contribution in [3.05, 3.63) is 24.3 Å². The summed E-state index contributed by atoms with van der Waals surface area (Å²) in [6.45, 7) is 13.1. The Morgan fingerprint density at radius 1 is 0.408 bits per heavy atom. The first-order valence-electron chi connectivity index (χ1n) is 42.5. The number of quaternary nitrogens is 1. The number of Topliss-reactive ketones (excluding diaryl/α,β-unsaturated/α-hetero) is 2. The Kier molecular flexibility index (Phi) is 71.5. The monoisotopic (exact) mass is 1380 g/mol. The summed E-state index contributed by atoms with van der Waals surface area (Å²) in [6, 6.07) is -0.934. The lowest BCUT2D eigenvalue weighted by atomic mass is 9.84. The Hall–Kier alpha value is -2.97. The van der Waals surface area contributed by atoms with Gasteiger partial charge in [-0.25, -0.2) is 0 Å². The molecule has 0 fully saturated rings. The molecule has 13 nitrogen and oxygen atoms in total. The van der Waals surface area contributed by atoms with Gasteiger partial charge in [0.2, 0.25) is 5.91 Å². The zero-order valence-electron chi connectivity index (χ0n) is 65.7. The highest BCUT2D eigenvalue weighted by Gasteiger charge is 2.42. The highest BCUT2D eigenvalue weighted by atomic mass is 16.6. The molecule has 4 atom stereocenters. The van der Waals surface area contributed by atoms with Crippen LogP contribution in [0.15, 0.2) is 24.3 Å². The van der Waals surface area contributed by atoms with Gasteiger partial charge < -0.3 is 41.4 Å². The molecule has 0 aromatic heterocycles. The molecule has 576 valence electrons. The minimum absolute atomic E-state index is 0.0823. The van der Waals surface area contributed by atoms with Crippen molar-refractivity contribution < 1.29 is 37.9 Å². The molecule has 0 saturated heterocycles. The van der Waals surface area contributed by atoms with Gasteiger partial charge in [0.15, 0.2) is 6.10 Å². The maximum atomic E-state index is 15.0. The van der Waals surface area contributed by atoms with Gasteiger partial charge in [-0.2, -0.15) is 0 Å². The Morgan fingerprint density at radius 3 is 1.20 bits per heavy atom. The molecule has 0 aromatic rings. The number of hydrogen-bond donors (Lipinski definition) is 5. The van der Waals surface area contributed by atoms with Crippen LogP contribution in [0, 0.1) is 5.92 Å². The van der Waals surface area contributed by atoms with Gasteiger partial charge in [0.25, 0.3) is 0 Å². The number of ketones is 2. The molecule has 98 heavy (non-hydrogen) atoms. The number of likely N-dealkylation sites (N-methyl/N-ethyl adjacent to an activating group) is 1. The Balaban J connectivity index is 6.86.